The van der Waals surface area contributed by atoms with Crippen molar-refractivity contribution in [2.45, 2.75) is 74.7 Å². The lowest BCUT2D eigenvalue weighted by atomic mass is 9.73. The molecule has 2 unspecified atom stereocenters. The van der Waals surface area contributed by atoms with Gasteiger partial charge in [-0.3, -0.25) is 0 Å². The maximum absolute atomic E-state index is 2.42. The van der Waals surface area contributed by atoms with Crippen molar-refractivity contribution in [3.8, 4) is 0 Å². The van der Waals surface area contributed by atoms with Crippen LogP contribution in [0.4, 0.5) is 0 Å². The van der Waals surface area contributed by atoms with Crippen LogP contribution in [-0.2, 0) is 0 Å². The van der Waals surface area contributed by atoms with Gasteiger partial charge in [0, 0.05) is 0 Å². The van der Waals surface area contributed by atoms with Crippen molar-refractivity contribution in [2.24, 2.45) is 22.7 Å². The van der Waals surface area contributed by atoms with E-state index in [1.54, 1.807) is 0 Å². The van der Waals surface area contributed by atoms with E-state index < -0.39 is 0 Å². The molecule has 2 atom stereocenters. The van der Waals surface area contributed by atoms with Crippen molar-refractivity contribution in [1.29, 1.82) is 0 Å². The Morgan fingerprint density at radius 3 is 1.53 bits per heavy atom. The molecule has 0 rings (SSSR count). The Balaban J connectivity index is 4.16. The van der Waals surface area contributed by atoms with Crippen LogP contribution in [0.15, 0.2) is 0 Å². The third-order valence-electron chi connectivity index (χ3n) is 3.74. The number of rotatable bonds is 5. The number of hydrogen-bond donors (Lipinski definition) is 0. The molecule has 15 heavy (non-hydrogen) atoms. The minimum absolute atomic E-state index is 0.476. The van der Waals surface area contributed by atoms with Gasteiger partial charge in [0.2, 0.25) is 0 Å². The maximum Gasteiger partial charge on any atom is -0.0354 e. The normalized spacial score (nSPS) is 17.6. The van der Waals surface area contributed by atoms with E-state index in [-0.39, 0.29) is 0 Å². The minimum atomic E-state index is 0.476. The van der Waals surface area contributed by atoms with Crippen LogP contribution in [-0.4, -0.2) is 0 Å². The highest BCUT2D eigenvalue weighted by atomic mass is 14.3. The molecule has 0 aromatic heterocycles. The van der Waals surface area contributed by atoms with Crippen molar-refractivity contribution in [2.75, 3.05) is 0 Å². The molecular weight excluding hydrogens is 180 g/mol. The van der Waals surface area contributed by atoms with Crippen molar-refractivity contribution in [3.63, 3.8) is 0 Å². The Hall–Kier alpha value is 0. The van der Waals surface area contributed by atoms with Gasteiger partial charge in [-0.05, 0) is 35.5 Å². The summed E-state index contributed by atoms with van der Waals surface area (Å²) < 4.78 is 0. The van der Waals surface area contributed by atoms with Crippen molar-refractivity contribution in [3.05, 3.63) is 0 Å². The Bertz CT molecular complexity index is 171. The molecule has 0 amide bonds. The van der Waals surface area contributed by atoms with E-state index in [0.29, 0.717) is 10.8 Å². The van der Waals surface area contributed by atoms with E-state index in [4.69, 9.17) is 0 Å². The van der Waals surface area contributed by atoms with Gasteiger partial charge in [-0.15, -0.1) is 0 Å². The second-order valence-corrected chi connectivity index (χ2v) is 7.44. The molecular formula is C15H32. The molecule has 0 spiro atoms. The zero-order valence-corrected chi connectivity index (χ0v) is 12.3. The van der Waals surface area contributed by atoms with Crippen LogP contribution in [0.3, 0.4) is 0 Å². The second-order valence-electron chi connectivity index (χ2n) is 7.44. The highest BCUT2D eigenvalue weighted by Gasteiger charge is 2.25. The first kappa shape index (κ1) is 15.0. The third-order valence-corrected chi connectivity index (χ3v) is 3.74. The topological polar surface area (TPSA) is 0 Å². The van der Waals surface area contributed by atoms with E-state index >= 15 is 0 Å². The van der Waals surface area contributed by atoms with Crippen LogP contribution in [0.25, 0.3) is 0 Å². The molecule has 0 aliphatic carbocycles. The van der Waals surface area contributed by atoms with Crippen molar-refractivity contribution in [1.82, 2.24) is 0 Å². The molecule has 0 bridgehead atoms. The Kier molecular flexibility index (Phi) is 5.37. The lowest BCUT2D eigenvalue weighted by molar-refractivity contribution is 0.182. The molecule has 0 saturated heterocycles. The quantitative estimate of drug-likeness (QED) is 0.563. The monoisotopic (exact) mass is 212 g/mol. The summed E-state index contributed by atoms with van der Waals surface area (Å²) >= 11 is 0. The van der Waals surface area contributed by atoms with Gasteiger partial charge < -0.3 is 0 Å². The predicted octanol–water partition coefficient (Wildman–Crippen LogP) is 5.52. The smallest absolute Gasteiger partial charge is 0.0354 e. The third kappa shape index (κ3) is 6.98. The highest BCUT2D eigenvalue weighted by Crippen LogP contribution is 2.36. The van der Waals surface area contributed by atoms with Crippen molar-refractivity contribution < 1.29 is 0 Å². The average Bonchev–Trinajstić information content (AvgIpc) is 2.00. The molecule has 0 fully saturated rings. The van der Waals surface area contributed by atoms with Gasteiger partial charge in [0.05, 0.1) is 0 Å². The van der Waals surface area contributed by atoms with Crippen LogP contribution >= 0.6 is 0 Å². The van der Waals surface area contributed by atoms with Crippen LogP contribution in [0.2, 0.25) is 0 Å². The predicted molar refractivity (Wildman–Crippen MR) is 71.1 cm³/mol. The van der Waals surface area contributed by atoms with E-state index in [1.807, 2.05) is 0 Å². The first-order valence-corrected chi connectivity index (χ1v) is 6.57. The van der Waals surface area contributed by atoms with E-state index in [2.05, 4.69) is 55.4 Å². The molecule has 0 saturated carbocycles. The van der Waals surface area contributed by atoms with Gasteiger partial charge in [-0.1, -0.05) is 61.8 Å². The molecule has 0 nitrogen and oxygen atoms in total. The fraction of sp³-hybridized carbons (Fsp3) is 1.00. The summed E-state index contributed by atoms with van der Waals surface area (Å²) in [5, 5.41) is 0. The average molecular weight is 212 g/mol. The maximum atomic E-state index is 2.42. The highest BCUT2D eigenvalue weighted by molar-refractivity contribution is 4.76. The van der Waals surface area contributed by atoms with Gasteiger partial charge in [0.25, 0.3) is 0 Å². The first-order valence-electron chi connectivity index (χ1n) is 6.57. The lowest BCUT2D eigenvalue weighted by Crippen LogP contribution is -2.22. The fourth-order valence-electron chi connectivity index (χ4n) is 2.38. The first-order chi connectivity index (χ1) is 6.57. The summed E-state index contributed by atoms with van der Waals surface area (Å²) in [6.45, 7) is 19.0. The van der Waals surface area contributed by atoms with E-state index in [1.165, 1.54) is 19.3 Å². The van der Waals surface area contributed by atoms with Crippen molar-refractivity contribution >= 4 is 0 Å². The molecule has 0 radical (unpaired) electrons. The largest absolute Gasteiger partial charge is 0.0649 e. The molecule has 0 N–H and O–H groups in total. The minimum Gasteiger partial charge on any atom is -0.0649 e. The Labute approximate surface area is 97.8 Å². The van der Waals surface area contributed by atoms with Crippen LogP contribution < -0.4 is 0 Å². The van der Waals surface area contributed by atoms with Gasteiger partial charge in [-0.25, -0.2) is 0 Å². The van der Waals surface area contributed by atoms with E-state index in [9.17, 15) is 0 Å². The molecule has 0 aromatic carbocycles. The second kappa shape index (κ2) is 5.37. The standard InChI is InChI=1S/C15H32/c1-9-15(7,8)11-13(3)12(2)10-14(4,5)6/h12-13H,9-11H2,1-8H3. The SMILES string of the molecule is CCC(C)(C)CC(C)C(C)CC(C)(C)C. The lowest BCUT2D eigenvalue weighted by Gasteiger charge is -2.33. The van der Waals surface area contributed by atoms with Crippen LogP contribution in [0.5, 0.6) is 0 Å². The molecule has 0 aliphatic rings. The van der Waals surface area contributed by atoms with Crippen LogP contribution in [0.1, 0.15) is 74.7 Å². The fourth-order valence-corrected chi connectivity index (χ4v) is 2.38. The van der Waals surface area contributed by atoms with Gasteiger partial charge in [0.15, 0.2) is 0 Å². The summed E-state index contributed by atoms with van der Waals surface area (Å²) in [5.41, 5.74) is 0.996. The zero-order chi connectivity index (χ0) is 12.3. The molecule has 0 aromatic rings. The molecule has 92 valence electrons. The van der Waals surface area contributed by atoms with Gasteiger partial charge >= 0.3 is 0 Å². The Morgan fingerprint density at radius 1 is 0.800 bits per heavy atom. The number of hydrogen-bond acceptors (Lipinski definition) is 0. The molecule has 0 heterocycles. The summed E-state index contributed by atoms with van der Waals surface area (Å²) in [6, 6.07) is 0. The van der Waals surface area contributed by atoms with E-state index in [0.717, 1.165) is 11.8 Å². The Morgan fingerprint density at radius 2 is 1.20 bits per heavy atom. The molecule has 0 heteroatoms. The summed E-state index contributed by atoms with van der Waals surface area (Å²) in [6.07, 6.45) is 3.99. The molecule has 0 aliphatic heterocycles. The summed E-state index contributed by atoms with van der Waals surface area (Å²) in [7, 11) is 0. The van der Waals surface area contributed by atoms with Crippen LogP contribution in [0, 0.1) is 22.7 Å². The van der Waals surface area contributed by atoms with Gasteiger partial charge in [0.1, 0.15) is 0 Å². The van der Waals surface area contributed by atoms with Gasteiger partial charge in [-0.2, -0.15) is 0 Å². The summed E-state index contributed by atoms with van der Waals surface area (Å²) in [4.78, 5) is 0. The zero-order valence-electron chi connectivity index (χ0n) is 12.3. The summed E-state index contributed by atoms with van der Waals surface area (Å²) in [5.74, 6) is 1.69.